The molecule has 1 N–H and O–H groups in total. The van der Waals surface area contributed by atoms with Crippen LogP contribution >= 0.6 is 0 Å². The highest BCUT2D eigenvalue weighted by Gasteiger charge is 2.07. The van der Waals surface area contributed by atoms with E-state index in [9.17, 15) is 4.39 Å². The molecular weight excluding hydrogens is 177 g/mol. The van der Waals surface area contributed by atoms with Crippen LogP contribution in [-0.4, -0.2) is 6.04 Å². The molecule has 0 aliphatic rings. The molecule has 0 unspecified atom stereocenters. The summed E-state index contributed by atoms with van der Waals surface area (Å²) in [6.07, 6.45) is 0. The Balaban J connectivity index is 2.50. The molecular formula is C12H18FN. The molecule has 0 amide bonds. The largest absolute Gasteiger partial charge is 0.310 e. The van der Waals surface area contributed by atoms with Gasteiger partial charge in [0.15, 0.2) is 0 Å². The van der Waals surface area contributed by atoms with Crippen LogP contribution in [0.2, 0.25) is 0 Å². The standard InChI is InChI=1S/C12H18FN/c1-9(2)10(3)14-8-11-6-4-5-7-12(11)13/h4-7,9-10,14H,8H2,1-3H3/t10-/m1/s1. The molecule has 0 aromatic heterocycles. The summed E-state index contributed by atoms with van der Waals surface area (Å²) in [5.41, 5.74) is 0.736. The summed E-state index contributed by atoms with van der Waals surface area (Å²) in [6.45, 7) is 7.02. The first-order chi connectivity index (χ1) is 6.61. The summed E-state index contributed by atoms with van der Waals surface area (Å²) in [7, 11) is 0. The van der Waals surface area contributed by atoms with Crippen molar-refractivity contribution in [3.8, 4) is 0 Å². The highest BCUT2D eigenvalue weighted by atomic mass is 19.1. The minimum absolute atomic E-state index is 0.129. The van der Waals surface area contributed by atoms with Crippen LogP contribution in [0.4, 0.5) is 4.39 Å². The van der Waals surface area contributed by atoms with E-state index in [0.717, 1.165) is 5.56 Å². The number of rotatable bonds is 4. The number of benzene rings is 1. The van der Waals surface area contributed by atoms with Crippen molar-refractivity contribution in [1.82, 2.24) is 5.32 Å². The average Bonchev–Trinajstić information content (AvgIpc) is 2.16. The number of hydrogen-bond donors (Lipinski definition) is 1. The molecule has 0 aliphatic heterocycles. The van der Waals surface area contributed by atoms with E-state index in [1.165, 1.54) is 6.07 Å². The van der Waals surface area contributed by atoms with Gasteiger partial charge in [0.05, 0.1) is 0 Å². The van der Waals surface area contributed by atoms with Crippen molar-refractivity contribution in [3.05, 3.63) is 35.6 Å². The van der Waals surface area contributed by atoms with Crippen molar-refractivity contribution in [2.45, 2.75) is 33.4 Å². The third-order valence-corrected chi connectivity index (χ3v) is 2.57. The summed E-state index contributed by atoms with van der Waals surface area (Å²) in [5, 5.41) is 3.30. The summed E-state index contributed by atoms with van der Waals surface area (Å²) in [4.78, 5) is 0. The predicted octanol–water partition coefficient (Wildman–Crippen LogP) is 2.96. The van der Waals surface area contributed by atoms with E-state index in [1.807, 2.05) is 12.1 Å². The Morgan fingerprint density at radius 1 is 1.21 bits per heavy atom. The maximum Gasteiger partial charge on any atom is 0.127 e. The molecule has 2 heteroatoms. The van der Waals surface area contributed by atoms with Crippen molar-refractivity contribution >= 4 is 0 Å². The Morgan fingerprint density at radius 2 is 1.86 bits per heavy atom. The van der Waals surface area contributed by atoms with Crippen LogP contribution in [0.25, 0.3) is 0 Å². The number of nitrogens with one attached hydrogen (secondary N) is 1. The second kappa shape index (κ2) is 5.11. The Kier molecular flexibility index (Phi) is 4.08. The van der Waals surface area contributed by atoms with E-state index in [4.69, 9.17) is 0 Å². The number of halogens is 1. The van der Waals surface area contributed by atoms with Gasteiger partial charge in [0.25, 0.3) is 0 Å². The van der Waals surface area contributed by atoms with Gasteiger partial charge in [-0.25, -0.2) is 4.39 Å². The van der Waals surface area contributed by atoms with Crippen molar-refractivity contribution in [3.63, 3.8) is 0 Å². The fourth-order valence-corrected chi connectivity index (χ4v) is 1.15. The minimum atomic E-state index is -0.129. The van der Waals surface area contributed by atoms with E-state index in [2.05, 4.69) is 26.1 Å². The smallest absolute Gasteiger partial charge is 0.127 e. The normalized spacial score (nSPS) is 13.2. The molecule has 0 spiro atoms. The van der Waals surface area contributed by atoms with Crippen LogP contribution in [0.3, 0.4) is 0 Å². The maximum absolute atomic E-state index is 13.2. The van der Waals surface area contributed by atoms with E-state index >= 15 is 0 Å². The summed E-state index contributed by atoms with van der Waals surface area (Å²) < 4.78 is 13.2. The average molecular weight is 195 g/mol. The number of hydrogen-bond acceptors (Lipinski definition) is 1. The Morgan fingerprint density at radius 3 is 2.43 bits per heavy atom. The fraction of sp³-hybridized carbons (Fsp3) is 0.500. The molecule has 0 radical (unpaired) electrons. The first-order valence-electron chi connectivity index (χ1n) is 5.08. The predicted molar refractivity (Wildman–Crippen MR) is 57.5 cm³/mol. The van der Waals surface area contributed by atoms with Crippen molar-refractivity contribution in [1.29, 1.82) is 0 Å². The molecule has 1 aromatic carbocycles. The molecule has 0 aliphatic carbocycles. The van der Waals surface area contributed by atoms with Crippen molar-refractivity contribution < 1.29 is 4.39 Å². The highest BCUT2D eigenvalue weighted by molar-refractivity contribution is 5.16. The van der Waals surface area contributed by atoms with Crippen LogP contribution in [0.1, 0.15) is 26.3 Å². The third-order valence-electron chi connectivity index (χ3n) is 2.57. The van der Waals surface area contributed by atoms with Crippen LogP contribution in [0, 0.1) is 11.7 Å². The van der Waals surface area contributed by atoms with E-state index < -0.39 is 0 Å². The van der Waals surface area contributed by atoms with Gasteiger partial charge >= 0.3 is 0 Å². The van der Waals surface area contributed by atoms with Gasteiger partial charge in [-0.1, -0.05) is 32.0 Å². The first kappa shape index (κ1) is 11.2. The van der Waals surface area contributed by atoms with Crippen LogP contribution in [0.15, 0.2) is 24.3 Å². The second-order valence-corrected chi connectivity index (χ2v) is 4.01. The molecule has 14 heavy (non-hydrogen) atoms. The summed E-state index contributed by atoms with van der Waals surface area (Å²) in [5.74, 6) is 0.442. The van der Waals surface area contributed by atoms with E-state index in [0.29, 0.717) is 18.5 Å². The topological polar surface area (TPSA) is 12.0 Å². The molecule has 78 valence electrons. The molecule has 0 fully saturated rings. The Bertz CT molecular complexity index is 283. The van der Waals surface area contributed by atoms with Crippen LogP contribution in [-0.2, 0) is 6.54 Å². The Hall–Kier alpha value is -0.890. The second-order valence-electron chi connectivity index (χ2n) is 4.01. The van der Waals surface area contributed by atoms with Gasteiger partial charge in [-0.05, 0) is 18.9 Å². The van der Waals surface area contributed by atoms with Crippen LogP contribution in [0.5, 0.6) is 0 Å². The monoisotopic (exact) mass is 195 g/mol. The fourth-order valence-electron chi connectivity index (χ4n) is 1.15. The molecule has 1 atom stereocenters. The lowest BCUT2D eigenvalue weighted by Gasteiger charge is -2.17. The van der Waals surface area contributed by atoms with Gasteiger partial charge in [-0.3, -0.25) is 0 Å². The molecule has 0 bridgehead atoms. The zero-order chi connectivity index (χ0) is 10.6. The quantitative estimate of drug-likeness (QED) is 0.778. The van der Waals surface area contributed by atoms with Gasteiger partial charge < -0.3 is 5.32 Å². The lowest BCUT2D eigenvalue weighted by Crippen LogP contribution is -2.30. The SMILES string of the molecule is CC(C)[C@@H](C)NCc1ccccc1F. The zero-order valence-corrected chi connectivity index (χ0v) is 9.05. The molecule has 0 heterocycles. The van der Waals surface area contributed by atoms with Crippen molar-refractivity contribution in [2.24, 2.45) is 5.92 Å². The molecule has 1 rings (SSSR count). The molecule has 0 saturated carbocycles. The van der Waals surface area contributed by atoms with Crippen LogP contribution < -0.4 is 5.32 Å². The third kappa shape index (κ3) is 3.11. The Labute approximate surface area is 85.3 Å². The van der Waals surface area contributed by atoms with Gasteiger partial charge in [0.2, 0.25) is 0 Å². The van der Waals surface area contributed by atoms with Crippen molar-refractivity contribution in [2.75, 3.05) is 0 Å². The molecule has 1 nitrogen and oxygen atoms in total. The van der Waals surface area contributed by atoms with E-state index in [-0.39, 0.29) is 5.82 Å². The minimum Gasteiger partial charge on any atom is -0.310 e. The van der Waals surface area contributed by atoms with Gasteiger partial charge in [-0.2, -0.15) is 0 Å². The van der Waals surface area contributed by atoms with Gasteiger partial charge in [-0.15, -0.1) is 0 Å². The lowest BCUT2D eigenvalue weighted by molar-refractivity contribution is 0.421. The molecule has 0 saturated heterocycles. The van der Waals surface area contributed by atoms with Gasteiger partial charge in [0, 0.05) is 18.2 Å². The summed E-state index contributed by atoms with van der Waals surface area (Å²) >= 11 is 0. The lowest BCUT2D eigenvalue weighted by atomic mass is 10.1. The van der Waals surface area contributed by atoms with Gasteiger partial charge in [0.1, 0.15) is 5.82 Å². The molecule has 1 aromatic rings. The summed E-state index contributed by atoms with van der Waals surface area (Å²) in [6, 6.07) is 7.30. The zero-order valence-electron chi connectivity index (χ0n) is 9.05. The first-order valence-corrected chi connectivity index (χ1v) is 5.08. The highest BCUT2D eigenvalue weighted by Crippen LogP contribution is 2.07. The van der Waals surface area contributed by atoms with E-state index in [1.54, 1.807) is 6.07 Å². The maximum atomic E-state index is 13.2.